The minimum atomic E-state index is -1.50. The van der Waals surface area contributed by atoms with Crippen LogP contribution in [0, 0.1) is 20.2 Å². The Kier molecular flexibility index (Phi) is 22.5. The Morgan fingerprint density at radius 3 is 1.23 bits per heavy atom. The second kappa shape index (κ2) is 16.8. The molecule has 0 aliphatic carbocycles. The van der Waals surface area contributed by atoms with Crippen molar-refractivity contribution in [1.82, 2.24) is 5.32 Å². The van der Waals surface area contributed by atoms with Crippen LogP contribution in [-0.4, -0.2) is 33.7 Å². The normalized spacial score (nSPS) is 6.92. The lowest BCUT2D eigenvalue weighted by Gasteiger charge is -1.86. The quantitative estimate of drug-likeness (QED) is 0.417. The molecule has 0 unspecified atom stereocenters. The average molecular weight is 199 g/mol. The zero-order valence-electron chi connectivity index (χ0n) is 7.34. The summed E-state index contributed by atoms with van der Waals surface area (Å²) in [5.41, 5.74) is 0. The molecule has 0 atom stereocenters. The van der Waals surface area contributed by atoms with Crippen molar-refractivity contribution in [3.63, 3.8) is 0 Å². The van der Waals surface area contributed by atoms with E-state index in [1.807, 2.05) is 0 Å². The highest BCUT2D eigenvalue weighted by Gasteiger charge is 1.66. The van der Waals surface area contributed by atoms with Gasteiger partial charge in [0.05, 0.1) is 0 Å². The van der Waals surface area contributed by atoms with Gasteiger partial charge >= 0.3 is 0 Å². The first kappa shape index (κ1) is 17.4. The maximum atomic E-state index is 8.36. The maximum absolute atomic E-state index is 8.36. The standard InChI is InChI=1S/C4H11N.2HNO3/c1-3-5-4-2;2*2-1(3)4/h5H,3-4H2,1-2H3;2*(H,2,3,4). The van der Waals surface area contributed by atoms with Crippen LogP contribution in [0.15, 0.2) is 0 Å². The Labute approximate surface area is 74.2 Å². The van der Waals surface area contributed by atoms with Crippen LogP contribution in [0.25, 0.3) is 0 Å². The molecular weight excluding hydrogens is 186 g/mol. The third-order valence-electron chi connectivity index (χ3n) is 0.500. The Morgan fingerprint density at radius 2 is 1.23 bits per heavy atom. The van der Waals surface area contributed by atoms with Gasteiger partial charge in [0.25, 0.3) is 10.2 Å². The first-order chi connectivity index (χ1) is 5.88. The molecule has 0 fully saturated rings. The summed E-state index contributed by atoms with van der Waals surface area (Å²) in [7, 11) is 0. The van der Waals surface area contributed by atoms with Crippen molar-refractivity contribution >= 4 is 0 Å². The molecule has 0 aromatic carbocycles. The summed E-state index contributed by atoms with van der Waals surface area (Å²) in [4.78, 5) is 16.7. The van der Waals surface area contributed by atoms with Crippen molar-refractivity contribution in [2.45, 2.75) is 13.8 Å². The Bertz CT molecular complexity index is 107. The van der Waals surface area contributed by atoms with Gasteiger partial charge in [0.15, 0.2) is 0 Å². The van der Waals surface area contributed by atoms with E-state index >= 15 is 0 Å². The van der Waals surface area contributed by atoms with E-state index in [9.17, 15) is 0 Å². The molecule has 0 saturated heterocycles. The van der Waals surface area contributed by atoms with Crippen molar-refractivity contribution in [2.24, 2.45) is 0 Å². The number of nitrogens with zero attached hydrogens (tertiary/aromatic N) is 2. The number of rotatable bonds is 2. The summed E-state index contributed by atoms with van der Waals surface area (Å²) in [5, 5.41) is 30.4. The largest absolute Gasteiger partial charge is 0.328 e. The highest BCUT2D eigenvalue weighted by molar-refractivity contribution is 4.27. The molecule has 0 heterocycles. The molecule has 0 saturated carbocycles. The minimum Gasteiger partial charge on any atom is -0.328 e. The van der Waals surface area contributed by atoms with Crippen molar-refractivity contribution in [3.8, 4) is 0 Å². The second-order valence-corrected chi connectivity index (χ2v) is 1.43. The van der Waals surface area contributed by atoms with Gasteiger partial charge in [-0.1, -0.05) is 13.8 Å². The smallest absolute Gasteiger partial charge is 0.291 e. The summed E-state index contributed by atoms with van der Waals surface area (Å²) in [6, 6.07) is 0. The highest BCUT2D eigenvalue weighted by Crippen LogP contribution is 1.47. The molecule has 0 aromatic heterocycles. The fourth-order valence-corrected chi connectivity index (χ4v) is 0.250. The molecular formula is C4H13N3O6. The third-order valence-corrected chi connectivity index (χ3v) is 0.500. The minimum absolute atomic E-state index is 1.09. The van der Waals surface area contributed by atoms with E-state index in [1.54, 1.807) is 0 Å². The zero-order valence-corrected chi connectivity index (χ0v) is 7.34. The number of hydrogen-bond donors (Lipinski definition) is 3. The van der Waals surface area contributed by atoms with Gasteiger partial charge < -0.3 is 15.7 Å². The van der Waals surface area contributed by atoms with Crippen LogP contribution in [0.1, 0.15) is 13.8 Å². The molecule has 9 heteroatoms. The number of nitrogens with one attached hydrogen (secondary N) is 1. The third kappa shape index (κ3) is 5590. The van der Waals surface area contributed by atoms with E-state index in [1.165, 1.54) is 0 Å². The van der Waals surface area contributed by atoms with Gasteiger partial charge in [-0.15, -0.1) is 20.2 Å². The molecule has 0 rings (SSSR count). The predicted molar refractivity (Wildman–Crippen MR) is 41.8 cm³/mol. The van der Waals surface area contributed by atoms with Gasteiger partial charge in [0, 0.05) is 0 Å². The first-order valence-corrected chi connectivity index (χ1v) is 3.25. The lowest BCUT2D eigenvalue weighted by atomic mass is 10.7. The Balaban J connectivity index is -0.000000117. The number of hydrogen-bond acceptors (Lipinski definition) is 5. The van der Waals surface area contributed by atoms with E-state index in [-0.39, 0.29) is 0 Å². The molecule has 13 heavy (non-hydrogen) atoms. The highest BCUT2D eigenvalue weighted by atomic mass is 16.9. The van der Waals surface area contributed by atoms with E-state index in [0.29, 0.717) is 0 Å². The molecule has 0 aliphatic rings. The van der Waals surface area contributed by atoms with Crippen LogP contribution < -0.4 is 5.32 Å². The fourth-order valence-electron chi connectivity index (χ4n) is 0.250. The van der Waals surface area contributed by atoms with E-state index < -0.39 is 10.2 Å². The van der Waals surface area contributed by atoms with Gasteiger partial charge in [-0.25, -0.2) is 0 Å². The lowest BCUT2D eigenvalue weighted by Crippen LogP contribution is -2.09. The van der Waals surface area contributed by atoms with E-state index in [4.69, 9.17) is 30.6 Å². The summed E-state index contributed by atoms with van der Waals surface area (Å²) in [6.07, 6.45) is 0. The van der Waals surface area contributed by atoms with Gasteiger partial charge in [-0.05, 0) is 13.1 Å². The monoisotopic (exact) mass is 199 g/mol. The van der Waals surface area contributed by atoms with Gasteiger partial charge in [0.2, 0.25) is 0 Å². The average Bonchev–Trinajstić information content (AvgIpc) is 1.86. The van der Waals surface area contributed by atoms with Gasteiger partial charge in [-0.2, -0.15) is 0 Å². The topological polar surface area (TPSA) is 139 Å². The molecule has 80 valence electrons. The van der Waals surface area contributed by atoms with E-state index in [0.717, 1.165) is 13.1 Å². The molecule has 0 bridgehead atoms. The van der Waals surface area contributed by atoms with Crippen LogP contribution in [-0.2, 0) is 0 Å². The Hall–Kier alpha value is -1.64. The zero-order chi connectivity index (χ0) is 11.3. The van der Waals surface area contributed by atoms with Crippen LogP contribution in [0.3, 0.4) is 0 Å². The van der Waals surface area contributed by atoms with Crippen molar-refractivity contribution in [2.75, 3.05) is 13.1 Å². The lowest BCUT2D eigenvalue weighted by molar-refractivity contribution is -0.742. The molecule has 3 N–H and O–H groups in total. The summed E-state index contributed by atoms with van der Waals surface area (Å²) in [5.74, 6) is 0. The van der Waals surface area contributed by atoms with Gasteiger partial charge in [-0.3, -0.25) is 0 Å². The summed E-state index contributed by atoms with van der Waals surface area (Å²) in [6.45, 7) is 6.39. The van der Waals surface area contributed by atoms with Crippen LogP contribution in [0.2, 0.25) is 0 Å². The molecule has 0 aromatic rings. The van der Waals surface area contributed by atoms with Crippen molar-refractivity contribution < 1.29 is 20.6 Å². The summed E-state index contributed by atoms with van der Waals surface area (Å²) >= 11 is 0. The van der Waals surface area contributed by atoms with Crippen LogP contribution in [0.5, 0.6) is 0 Å². The fraction of sp³-hybridized carbons (Fsp3) is 1.00. The van der Waals surface area contributed by atoms with Crippen LogP contribution >= 0.6 is 0 Å². The molecule has 9 nitrogen and oxygen atoms in total. The first-order valence-electron chi connectivity index (χ1n) is 3.25. The maximum Gasteiger partial charge on any atom is 0.291 e. The van der Waals surface area contributed by atoms with Gasteiger partial charge in [0.1, 0.15) is 0 Å². The van der Waals surface area contributed by atoms with Crippen molar-refractivity contribution in [1.29, 1.82) is 0 Å². The molecule has 0 spiro atoms. The molecule has 0 amide bonds. The second-order valence-electron chi connectivity index (χ2n) is 1.43. The molecule has 0 aliphatic heterocycles. The predicted octanol–water partition coefficient (Wildman–Crippen LogP) is -0.0796. The van der Waals surface area contributed by atoms with Crippen LogP contribution in [0.4, 0.5) is 0 Å². The Morgan fingerprint density at radius 1 is 1.08 bits per heavy atom. The van der Waals surface area contributed by atoms with E-state index in [2.05, 4.69) is 19.2 Å². The van der Waals surface area contributed by atoms with Crippen molar-refractivity contribution in [3.05, 3.63) is 20.2 Å². The SMILES string of the molecule is CCNCC.O=[N+]([O-])O.O=[N+]([O-])O. The summed E-state index contributed by atoms with van der Waals surface area (Å²) < 4.78 is 0. The molecule has 0 radical (unpaired) electrons.